The first-order valence-corrected chi connectivity index (χ1v) is 26.8. The van der Waals surface area contributed by atoms with E-state index in [0.717, 1.165) is 59.8 Å². The van der Waals surface area contributed by atoms with Crippen molar-refractivity contribution in [3.63, 3.8) is 0 Å². The second-order valence-corrected chi connectivity index (χ2v) is 23.2. The molecule has 2 fully saturated rings. The number of fused-ring (bicyclic) bond motifs is 4. The number of thiazole rings is 1. The fourth-order valence-electron chi connectivity index (χ4n) is 9.98. The minimum atomic E-state index is -1.06. The SMILES string of the molecule is Cc1ncsc1-c1ccc([C@H](C)NC(=O)[C@@H]2C[C@@H](O)CN2C(=O)C(NC(=O)c2cc3ccc(O[C@H]4C[C@@H](NC(=O)C[C@@H]5N=C(c6ccc(Cl)cc6)c6c(sc(C)c6C)-n6c(C)nnc65)C4)cc3o2)C(C)(C)C)cc1. The Morgan fingerprint density at radius 3 is 2.36 bits per heavy atom. The van der Waals surface area contributed by atoms with Crippen molar-refractivity contribution in [2.75, 3.05) is 6.54 Å². The van der Waals surface area contributed by atoms with E-state index in [4.69, 9.17) is 25.7 Å². The Morgan fingerprint density at radius 2 is 1.66 bits per heavy atom. The molecule has 1 aliphatic carbocycles. The number of likely N-dealkylation sites (tertiary alicyclic amines) is 1. The third-order valence-corrected chi connectivity index (χ3v) is 16.7. The maximum atomic E-state index is 14.4. The summed E-state index contributed by atoms with van der Waals surface area (Å²) in [5.74, 6) is 0.238. The highest BCUT2D eigenvalue weighted by atomic mass is 35.5. The molecule has 10 rings (SSSR count). The molecule has 4 aromatic heterocycles. The number of β-amino-alcohol motifs (C(OH)–C–C–N with tert-alkyl or cyclic N) is 1. The number of aliphatic imine (C=N–C) groups is 1. The van der Waals surface area contributed by atoms with E-state index in [9.17, 15) is 24.3 Å². The highest BCUT2D eigenvalue weighted by molar-refractivity contribution is 7.15. The number of aliphatic hydroxyl groups excluding tert-OH is 1. The lowest BCUT2D eigenvalue weighted by atomic mass is 9.85. The molecule has 5 atom stereocenters. The Kier molecular flexibility index (Phi) is 13.9. The molecular weight excluding hydrogens is 998 g/mol. The monoisotopic (exact) mass is 1060 g/mol. The molecule has 1 saturated heterocycles. The lowest BCUT2D eigenvalue weighted by molar-refractivity contribution is -0.142. The zero-order valence-corrected chi connectivity index (χ0v) is 44.7. The van der Waals surface area contributed by atoms with E-state index in [2.05, 4.69) is 45.0 Å². The number of amides is 4. The maximum absolute atomic E-state index is 14.4. The van der Waals surface area contributed by atoms with Crippen molar-refractivity contribution in [1.29, 1.82) is 0 Å². The minimum Gasteiger partial charge on any atom is -0.490 e. The number of hydrogen-bond donors (Lipinski definition) is 4. The Labute approximate surface area is 441 Å². The number of carbonyl (C=O) groups excluding carboxylic acids is 4. The van der Waals surface area contributed by atoms with Crippen molar-refractivity contribution in [2.24, 2.45) is 10.4 Å². The van der Waals surface area contributed by atoms with E-state index >= 15 is 0 Å². The predicted octanol–water partition coefficient (Wildman–Crippen LogP) is 9.08. The molecule has 1 saturated carbocycles. The number of rotatable bonds is 13. The number of aliphatic hydroxyl groups is 1. The van der Waals surface area contributed by atoms with Gasteiger partial charge in [-0.05, 0) is 87.1 Å². The van der Waals surface area contributed by atoms with Gasteiger partial charge in [-0.25, -0.2) is 4.98 Å². The Balaban J connectivity index is 0.754. The normalized spacial score (nSPS) is 20.2. The zero-order chi connectivity index (χ0) is 52.3. The molecule has 6 heterocycles. The van der Waals surface area contributed by atoms with Gasteiger partial charge in [-0.2, -0.15) is 0 Å². The van der Waals surface area contributed by atoms with E-state index in [0.29, 0.717) is 40.4 Å². The van der Waals surface area contributed by atoms with Crippen LogP contribution in [0.3, 0.4) is 0 Å². The molecule has 0 radical (unpaired) electrons. The standard InChI is InChI=1S/C55H58ClN9O7S2/c1-27-30(4)74-54-46(27)47(33-13-16-36(56)17-14-33)60-41(50-63-62-31(5)65(50)54)24-45(67)59-37-20-40(21-37)71-39-18-15-35-19-44(72-43(35)23-39)52(69)61-49(55(6,7)8)53(70)64-25-38(66)22-42(64)51(68)58-28(2)32-9-11-34(12-10-32)48-29(3)57-26-73-48/h9-19,23,26,28,37-38,40-42,49,66H,20-22,24-25H2,1-8H3,(H,58,68)(H,59,67)(H,61,69)/t28-,37-,38+,40+,41-,42-,49?/m0/s1. The Hall–Kier alpha value is -6.73. The lowest BCUT2D eigenvalue weighted by Crippen LogP contribution is -2.57. The molecule has 74 heavy (non-hydrogen) atoms. The van der Waals surface area contributed by atoms with Gasteiger partial charge in [0.1, 0.15) is 46.4 Å². The Bertz CT molecular complexity index is 3330. The van der Waals surface area contributed by atoms with Crippen molar-refractivity contribution < 1.29 is 33.4 Å². The van der Waals surface area contributed by atoms with E-state index < -0.39 is 47.4 Å². The molecule has 0 spiro atoms. The van der Waals surface area contributed by atoms with Crippen LogP contribution in [0.4, 0.5) is 0 Å². The van der Waals surface area contributed by atoms with Crippen LogP contribution in [0.15, 0.2) is 87.7 Å². The molecule has 1 unspecified atom stereocenters. The highest BCUT2D eigenvalue weighted by Gasteiger charge is 2.45. The van der Waals surface area contributed by atoms with Gasteiger partial charge in [-0.3, -0.25) is 28.7 Å². The number of thiophene rings is 1. The summed E-state index contributed by atoms with van der Waals surface area (Å²) in [5, 5.41) is 31.1. The summed E-state index contributed by atoms with van der Waals surface area (Å²) in [6.07, 6.45) is 0.228. The molecule has 16 nitrogen and oxygen atoms in total. The van der Waals surface area contributed by atoms with Gasteiger partial charge in [-0.1, -0.05) is 68.8 Å². The molecule has 4 amide bonds. The molecular formula is C55H58ClN9O7S2. The second kappa shape index (κ2) is 20.2. The summed E-state index contributed by atoms with van der Waals surface area (Å²) >= 11 is 9.51. The number of carbonyl (C=O) groups is 4. The van der Waals surface area contributed by atoms with Gasteiger partial charge in [0.15, 0.2) is 11.6 Å². The third kappa shape index (κ3) is 10.1. The first kappa shape index (κ1) is 50.8. The molecule has 3 aromatic carbocycles. The van der Waals surface area contributed by atoms with E-state index in [1.807, 2.05) is 100 Å². The third-order valence-electron chi connectivity index (χ3n) is 14.2. The van der Waals surface area contributed by atoms with Gasteiger partial charge < -0.3 is 35.1 Å². The largest absolute Gasteiger partial charge is 0.490 e. The molecule has 4 N–H and O–H groups in total. The van der Waals surface area contributed by atoms with Crippen LogP contribution in [0.2, 0.25) is 5.02 Å². The van der Waals surface area contributed by atoms with Crippen LogP contribution < -0.4 is 20.7 Å². The van der Waals surface area contributed by atoms with Crippen molar-refractivity contribution in [3.05, 3.63) is 134 Å². The number of aryl methyl sites for hydroxylation is 3. The number of ether oxygens (including phenoxy) is 1. The quantitative estimate of drug-likeness (QED) is 0.0862. The summed E-state index contributed by atoms with van der Waals surface area (Å²) in [4.78, 5) is 69.0. The van der Waals surface area contributed by atoms with Crippen LogP contribution in [-0.2, 0) is 14.4 Å². The average Bonchev–Trinajstić information content (AvgIpc) is 4.19. The molecule has 3 aliphatic rings. The molecule has 19 heteroatoms. The maximum Gasteiger partial charge on any atom is 0.287 e. The first-order valence-electron chi connectivity index (χ1n) is 24.8. The highest BCUT2D eigenvalue weighted by Crippen LogP contribution is 2.40. The number of benzene rings is 3. The summed E-state index contributed by atoms with van der Waals surface area (Å²) in [6, 6.07) is 19.4. The fraction of sp³-hybridized carbons (Fsp3) is 0.382. The van der Waals surface area contributed by atoms with Crippen LogP contribution in [0.25, 0.3) is 26.4 Å². The van der Waals surface area contributed by atoms with Gasteiger partial charge in [0.25, 0.3) is 5.91 Å². The first-order chi connectivity index (χ1) is 35.3. The summed E-state index contributed by atoms with van der Waals surface area (Å²) < 4.78 is 14.4. The summed E-state index contributed by atoms with van der Waals surface area (Å²) in [7, 11) is 0. The molecule has 7 aromatic rings. The van der Waals surface area contributed by atoms with Crippen molar-refractivity contribution >= 4 is 74.6 Å². The molecule has 0 bridgehead atoms. The smallest absolute Gasteiger partial charge is 0.287 e. The van der Waals surface area contributed by atoms with Crippen LogP contribution in [-0.4, -0.2) is 96.0 Å². The number of nitrogens with one attached hydrogen (secondary N) is 3. The average molecular weight is 1060 g/mol. The topological polar surface area (TPSA) is 206 Å². The second-order valence-electron chi connectivity index (χ2n) is 20.7. The number of aromatic nitrogens is 4. The van der Waals surface area contributed by atoms with Crippen LogP contribution in [0.5, 0.6) is 5.75 Å². The Morgan fingerprint density at radius 1 is 0.932 bits per heavy atom. The number of furan rings is 1. The van der Waals surface area contributed by atoms with Crippen LogP contribution >= 0.6 is 34.3 Å². The van der Waals surface area contributed by atoms with Crippen molar-refractivity contribution in [2.45, 2.75) is 123 Å². The number of nitrogens with zero attached hydrogens (tertiary/aromatic N) is 6. The molecule has 384 valence electrons. The minimum absolute atomic E-state index is 0.000667. The van der Waals surface area contributed by atoms with Crippen LogP contribution in [0.1, 0.15) is 120 Å². The van der Waals surface area contributed by atoms with E-state index in [-0.39, 0.29) is 49.2 Å². The van der Waals surface area contributed by atoms with Gasteiger partial charge >= 0.3 is 0 Å². The summed E-state index contributed by atoms with van der Waals surface area (Å²) in [6.45, 7) is 15.4. The zero-order valence-electron chi connectivity index (χ0n) is 42.4. The van der Waals surface area contributed by atoms with Gasteiger partial charge in [0, 0.05) is 64.3 Å². The van der Waals surface area contributed by atoms with E-state index in [1.54, 1.807) is 46.9 Å². The van der Waals surface area contributed by atoms with E-state index in [1.165, 1.54) is 4.90 Å². The van der Waals surface area contributed by atoms with Gasteiger partial charge in [0.2, 0.25) is 17.7 Å². The predicted molar refractivity (Wildman–Crippen MR) is 285 cm³/mol. The fourth-order valence-corrected chi connectivity index (χ4v) is 12.1. The number of halogens is 1. The van der Waals surface area contributed by atoms with Gasteiger partial charge in [0.05, 0.1) is 40.4 Å². The van der Waals surface area contributed by atoms with Crippen LogP contribution in [0, 0.1) is 33.1 Å². The van der Waals surface area contributed by atoms with Crippen molar-refractivity contribution in [1.82, 2.24) is 40.6 Å². The molecule has 2 aliphatic heterocycles. The summed E-state index contributed by atoms with van der Waals surface area (Å²) in [5.41, 5.74) is 8.13. The lowest BCUT2D eigenvalue weighted by Gasteiger charge is -2.36. The number of hydrogen-bond acceptors (Lipinski definition) is 13. The van der Waals surface area contributed by atoms with Crippen molar-refractivity contribution in [3.8, 4) is 21.2 Å². The van der Waals surface area contributed by atoms with Gasteiger partial charge in [-0.15, -0.1) is 32.9 Å².